The van der Waals surface area contributed by atoms with Gasteiger partial charge in [0.15, 0.2) is 5.43 Å². The van der Waals surface area contributed by atoms with Crippen LogP contribution in [0.15, 0.2) is 51.7 Å². The Morgan fingerprint density at radius 3 is 2.97 bits per heavy atom. The molecule has 0 fully saturated rings. The van der Waals surface area contributed by atoms with Gasteiger partial charge in [-0.15, -0.1) is 10.2 Å². The van der Waals surface area contributed by atoms with Crippen molar-refractivity contribution < 1.29 is 9.15 Å². The summed E-state index contributed by atoms with van der Waals surface area (Å²) in [5, 5.41) is 14.5. The fourth-order valence-corrected chi connectivity index (χ4v) is 3.72. The first-order valence-corrected chi connectivity index (χ1v) is 9.50. The monoisotopic (exact) mass is 386 g/mol. The second-order valence-corrected chi connectivity index (χ2v) is 6.86. The van der Waals surface area contributed by atoms with Crippen molar-refractivity contribution in [1.82, 2.24) is 20.6 Å². The Morgan fingerprint density at radius 1 is 1.21 bits per heavy atom. The number of nitrogens with one attached hydrogen (secondary N) is 1. The highest BCUT2D eigenvalue weighted by Gasteiger charge is 2.24. The molecule has 2 aromatic heterocycles. The molecule has 4 aromatic rings. The van der Waals surface area contributed by atoms with E-state index in [0.717, 1.165) is 34.4 Å². The van der Waals surface area contributed by atoms with Gasteiger partial charge in [0.05, 0.1) is 12.0 Å². The Kier molecular flexibility index (Phi) is 4.20. The average Bonchev–Trinajstić information content (AvgIpc) is 3.40. The maximum absolute atomic E-state index is 13.1. The van der Waals surface area contributed by atoms with E-state index in [9.17, 15) is 4.79 Å². The Balaban J connectivity index is 1.59. The molecule has 0 bridgehead atoms. The number of fused-ring (bicyclic) bond motifs is 2. The van der Waals surface area contributed by atoms with Gasteiger partial charge >= 0.3 is 0 Å². The standard InChI is InChI=1S/C22H18N4O3/c1-2-28-16-5-3-4-13(11-16)10-14-6-8-17-20(27)18-12-15(22-23-25-26-24-22)7-9-19(18)29-21(14)17/h3-5,7,9-12H,2,6,8H2,1H3,(H,23,24,25,26)/b14-10-. The second kappa shape index (κ2) is 7.01. The normalized spacial score (nSPS) is 14.4. The maximum Gasteiger partial charge on any atom is 0.204 e. The van der Waals surface area contributed by atoms with Crippen molar-refractivity contribution in [3.05, 3.63) is 69.6 Å². The van der Waals surface area contributed by atoms with Gasteiger partial charge in [-0.3, -0.25) is 4.79 Å². The quantitative estimate of drug-likeness (QED) is 0.572. The highest BCUT2D eigenvalue weighted by molar-refractivity contribution is 5.88. The predicted molar refractivity (Wildman–Crippen MR) is 109 cm³/mol. The summed E-state index contributed by atoms with van der Waals surface area (Å²) in [5.74, 6) is 1.95. The molecule has 0 aliphatic heterocycles. The van der Waals surface area contributed by atoms with E-state index in [1.54, 1.807) is 12.1 Å². The number of hydrogen-bond acceptors (Lipinski definition) is 6. The summed E-state index contributed by atoms with van der Waals surface area (Å²) < 4.78 is 11.7. The molecule has 0 amide bonds. The number of tetrazole rings is 1. The molecule has 0 saturated heterocycles. The lowest BCUT2D eigenvalue weighted by atomic mass is 10.1. The summed E-state index contributed by atoms with van der Waals surface area (Å²) >= 11 is 0. The molecule has 1 aliphatic carbocycles. The molecule has 144 valence electrons. The van der Waals surface area contributed by atoms with Gasteiger partial charge < -0.3 is 9.15 Å². The van der Waals surface area contributed by atoms with Crippen molar-refractivity contribution in [2.75, 3.05) is 6.61 Å². The van der Waals surface area contributed by atoms with E-state index in [1.165, 1.54) is 0 Å². The van der Waals surface area contributed by atoms with Crippen molar-refractivity contribution >= 4 is 22.6 Å². The lowest BCUT2D eigenvalue weighted by Crippen LogP contribution is -2.08. The Labute approximate surface area is 166 Å². The summed E-state index contributed by atoms with van der Waals surface area (Å²) in [6.45, 7) is 2.58. The zero-order valence-corrected chi connectivity index (χ0v) is 15.8. The molecular weight excluding hydrogens is 368 g/mol. The lowest BCUT2D eigenvalue weighted by molar-refractivity contribution is 0.340. The number of benzene rings is 2. The van der Waals surface area contributed by atoms with Crippen molar-refractivity contribution in [2.24, 2.45) is 0 Å². The van der Waals surface area contributed by atoms with Crippen LogP contribution in [0.2, 0.25) is 0 Å². The number of allylic oxidation sites excluding steroid dienone is 1. The largest absolute Gasteiger partial charge is 0.494 e. The van der Waals surface area contributed by atoms with E-state index in [4.69, 9.17) is 9.15 Å². The van der Waals surface area contributed by atoms with Crippen LogP contribution in [0.5, 0.6) is 5.75 Å². The van der Waals surface area contributed by atoms with Gasteiger partial charge in [-0.2, -0.15) is 5.21 Å². The third-order valence-electron chi connectivity index (χ3n) is 5.03. The Morgan fingerprint density at radius 2 is 2.14 bits per heavy atom. The van der Waals surface area contributed by atoms with Gasteiger partial charge in [0.2, 0.25) is 5.82 Å². The highest BCUT2D eigenvalue weighted by Crippen LogP contribution is 2.35. The zero-order chi connectivity index (χ0) is 19.8. The third kappa shape index (κ3) is 3.10. The van der Waals surface area contributed by atoms with Crippen LogP contribution in [0.4, 0.5) is 0 Å². The van der Waals surface area contributed by atoms with E-state index >= 15 is 0 Å². The van der Waals surface area contributed by atoms with Gasteiger partial charge in [-0.1, -0.05) is 12.1 Å². The van der Waals surface area contributed by atoms with Crippen LogP contribution in [-0.4, -0.2) is 27.2 Å². The molecule has 0 spiro atoms. The molecule has 5 rings (SSSR count). The number of H-pyrrole nitrogens is 1. The topological polar surface area (TPSA) is 93.9 Å². The second-order valence-electron chi connectivity index (χ2n) is 6.86. The van der Waals surface area contributed by atoms with Crippen LogP contribution in [-0.2, 0) is 6.42 Å². The minimum atomic E-state index is -0.00179. The molecule has 0 atom stereocenters. The van der Waals surface area contributed by atoms with Gasteiger partial charge in [0, 0.05) is 11.1 Å². The van der Waals surface area contributed by atoms with Crippen LogP contribution in [0.3, 0.4) is 0 Å². The smallest absolute Gasteiger partial charge is 0.204 e. The summed E-state index contributed by atoms with van der Waals surface area (Å²) in [6, 6.07) is 13.3. The number of ether oxygens (including phenoxy) is 1. The van der Waals surface area contributed by atoms with Crippen LogP contribution >= 0.6 is 0 Å². The van der Waals surface area contributed by atoms with Crippen molar-refractivity contribution in [2.45, 2.75) is 19.8 Å². The van der Waals surface area contributed by atoms with E-state index in [1.807, 2.05) is 37.3 Å². The number of aromatic amines is 1. The van der Waals surface area contributed by atoms with Crippen molar-refractivity contribution in [1.29, 1.82) is 0 Å². The molecule has 2 aromatic carbocycles. The van der Waals surface area contributed by atoms with Gasteiger partial charge in [-0.25, -0.2) is 0 Å². The Bertz CT molecular complexity index is 1290. The minimum absolute atomic E-state index is 0.00179. The summed E-state index contributed by atoms with van der Waals surface area (Å²) in [5.41, 5.74) is 4.04. The zero-order valence-electron chi connectivity index (χ0n) is 15.8. The van der Waals surface area contributed by atoms with E-state index in [-0.39, 0.29) is 5.43 Å². The summed E-state index contributed by atoms with van der Waals surface area (Å²) in [4.78, 5) is 13.1. The van der Waals surface area contributed by atoms with E-state index in [2.05, 4.69) is 26.7 Å². The summed E-state index contributed by atoms with van der Waals surface area (Å²) in [7, 11) is 0. The fraction of sp³-hybridized carbons (Fsp3) is 0.182. The minimum Gasteiger partial charge on any atom is -0.494 e. The molecular formula is C22H18N4O3. The first-order valence-electron chi connectivity index (χ1n) is 9.50. The van der Waals surface area contributed by atoms with Crippen LogP contribution in [0, 0.1) is 0 Å². The number of aromatic nitrogens is 4. The number of hydrogen-bond donors (Lipinski definition) is 1. The van der Waals surface area contributed by atoms with Crippen LogP contribution < -0.4 is 10.2 Å². The van der Waals surface area contributed by atoms with E-state index < -0.39 is 0 Å². The summed E-state index contributed by atoms with van der Waals surface area (Å²) in [6.07, 6.45) is 3.49. The molecule has 2 heterocycles. The third-order valence-corrected chi connectivity index (χ3v) is 5.03. The molecule has 29 heavy (non-hydrogen) atoms. The molecule has 1 aliphatic rings. The molecule has 7 nitrogen and oxygen atoms in total. The lowest BCUT2D eigenvalue weighted by Gasteiger charge is -2.06. The molecule has 0 unspecified atom stereocenters. The predicted octanol–water partition coefficient (Wildman–Crippen LogP) is 3.86. The van der Waals surface area contributed by atoms with Gasteiger partial charge in [-0.05, 0) is 72.5 Å². The van der Waals surface area contributed by atoms with Gasteiger partial charge in [0.25, 0.3) is 0 Å². The number of rotatable bonds is 4. The van der Waals surface area contributed by atoms with E-state index in [0.29, 0.717) is 35.6 Å². The maximum atomic E-state index is 13.1. The molecule has 1 N–H and O–H groups in total. The number of nitrogens with zero attached hydrogens (tertiary/aromatic N) is 3. The molecule has 0 radical (unpaired) electrons. The first-order chi connectivity index (χ1) is 14.2. The average molecular weight is 386 g/mol. The van der Waals surface area contributed by atoms with Crippen molar-refractivity contribution in [3.63, 3.8) is 0 Å². The Hall–Kier alpha value is -3.74. The molecule has 0 saturated carbocycles. The van der Waals surface area contributed by atoms with Crippen molar-refractivity contribution in [3.8, 4) is 17.1 Å². The van der Waals surface area contributed by atoms with Crippen LogP contribution in [0.1, 0.15) is 30.2 Å². The molecule has 7 heteroatoms. The van der Waals surface area contributed by atoms with Crippen LogP contribution in [0.25, 0.3) is 34.0 Å². The van der Waals surface area contributed by atoms with Gasteiger partial charge in [0.1, 0.15) is 17.1 Å². The fourth-order valence-electron chi connectivity index (χ4n) is 3.72. The SMILES string of the molecule is CCOc1cccc(/C=C2/CCc3c2oc2ccc(-c4nn[nH]n4)cc2c3=O)c1. The first kappa shape index (κ1) is 17.4. The highest BCUT2D eigenvalue weighted by atomic mass is 16.5.